The molecule has 0 aliphatic carbocycles. The number of likely N-dealkylation sites (N-methyl/N-ethyl adjacent to an activating group) is 1. The molecular formula is C14H20N2O3. The highest BCUT2D eigenvalue weighted by atomic mass is 16.4. The number of urea groups is 1. The predicted octanol–water partition coefficient (Wildman–Crippen LogP) is 2.75. The zero-order valence-electron chi connectivity index (χ0n) is 11.5. The van der Waals surface area contributed by atoms with Crippen LogP contribution in [0.1, 0.15) is 32.3 Å². The third kappa shape index (κ3) is 4.62. The largest absolute Gasteiger partial charge is 0.480 e. The van der Waals surface area contributed by atoms with Gasteiger partial charge in [0.05, 0.1) is 0 Å². The van der Waals surface area contributed by atoms with Crippen LogP contribution in [0, 0.1) is 0 Å². The first-order chi connectivity index (χ1) is 8.93. The van der Waals surface area contributed by atoms with Crippen LogP contribution in [0.15, 0.2) is 24.3 Å². The maximum atomic E-state index is 11.9. The zero-order valence-corrected chi connectivity index (χ0v) is 11.5. The standard InChI is InChI=1S/C14H20N2O3/c1-4-16(9-13(17)18)14(19)15-12-7-5-6-11(8-12)10(2)3/h5-8,10H,4,9H2,1-3H3,(H,15,19)(H,17,18). The number of carboxylic acid groups (broad SMARTS) is 1. The minimum Gasteiger partial charge on any atom is -0.480 e. The quantitative estimate of drug-likeness (QED) is 0.859. The molecule has 0 heterocycles. The SMILES string of the molecule is CCN(CC(=O)O)C(=O)Nc1cccc(C(C)C)c1. The minimum absolute atomic E-state index is 0.299. The molecule has 0 spiro atoms. The summed E-state index contributed by atoms with van der Waals surface area (Å²) in [6.07, 6.45) is 0. The summed E-state index contributed by atoms with van der Waals surface area (Å²) in [4.78, 5) is 23.8. The fraction of sp³-hybridized carbons (Fsp3) is 0.429. The lowest BCUT2D eigenvalue weighted by atomic mass is 10.0. The molecule has 5 heteroatoms. The van der Waals surface area contributed by atoms with Crippen LogP contribution in [0.3, 0.4) is 0 Å². The third-order valence-corrected chi connectivity index (χ3v) is 2.80. The van der Waals surface area contributed by atoms with E-state index in [2.05, 4.69) is 19.2 Å². The van der Waals surface area contributed by atoms with E-state index in [0.717, 1.165) is 5.56 Å². The monoisotopic (exact) mass is 264 g/mol. The number of carbonyl (C=O) groups is 2. The molecule has 0 atom stereocenters. The van der Waals surface area contributed by atoms with E-state index in [-0.39, 0.29) is 6.54 Å². The molecule has 2 amide bonds. The summed E-state index contributed by atoms with van der Waals surface area (Å²) >= 11 is 0. The fourth-order valence-electron chi connectivity index (χ4n) is 1.67. The molecule has 19 heavy (non-hydrogen) atoms. The number of hydrogen-bond acceptors (Lipinski definition) is 2. The molecule has 0 aliphatic rings. The Balaban J connectivity index is 2.75. The van der Waals surface area contributed by atoms with Crippen LogP contribution >= 0.6 is 0 Å². The topological polar surface area (TPSA) is 69.6 Å². The lowest BCUT2D eigenvalue weighted by Gasteiger charge is -2.19. The van der Waals surface area contributed by atoms with E-state index in [9.17, 15) is 9.59 Å². The van der Waals surface area contributed by atoms with Crippen LogP contribution in [0.5, 0.6) is 0 Å². The Morgan fingerprint density at radius 1 is 1.37 bits per heavy atom. The van der Waals surface area contributed by atoms with Gasteiger partial charge in [-0.2, -0.15) is 0 Å². The van der Waals surface area contributed by atoms with Crippen LogP contribution in [0.4, 0.5) is 10.5 Å². The molecule has 0 saturated carbocycles. The normalized spacial score (nSPS) is 10.3. The summed E-state index contributed by atoms with van der Waals surface area (Å²) in [5, 5.41) is 11.4. The Kier molecular flexibility index (Phi) is 5.36. The first-order valence-electron chi connectivity index (χ1n) is 6.31. The van der Waals surface area contributed by atoms with E-state index >= 15 is 0 Å². The van der Waals surface area contributed by atoms with Crippen molar-refractivity contribution in [1.29, 1.82) is 0 Å². The van der Waals surface area contributed by atoms with Crippen molar-refractivity contribution in [2.45, 2.75) is 26.7 Å². The second-order valence-electron chi connectivity index (χ2n) is 4.62. The van der Waals surface area contributed by atoms with Crippen LogP contribution in [-0.2, 0) is 4.79 Å². The van der Waals surface area contributed by atoms with Crippen LogP contribution in [0.25, 0.3) is 0 Å². The number of nitrogens with one attached hydrogen (secondary N) is 1. The van der Waals surface area contributed by atoms with E-state index < -0.39 is 12.0 Å². The van der Waals surface area contributed by atoms with Gasteiger partial charge in [-0.15, -0.1) is 0 Å². The van der Waals surface area contributed by atoms with Gasteiger partial charge < -0.3 is 15.3 Å². The van der Waals surface area contributed by atoms with Crippen molar-refractivity contribution >= 4 is 17.7 Å². The number of hydrogen-bond donors (Lipinski definition) is 2. The highest BCUT2D eigenvalue weighted by molar-refractivity contribution is 5.91. The second-order valence-corrected chi connectivity index (χ2v) is 4.62. The van der Waals surface area contributed by atoms with E-state index in [4.69, 9.17) is 5.11 Å². The van der Waals surface area contributed by atoms with Crippen molar-refractivity contribution in [2.75, 3.05) is 18.4 Å². The second kappa shape index (κ2) is 6.78. The van der Waals surface area contributed by atoms with Crippen LogP contribution < -0.4 is 5.32 Å². The van der Waals surface area contributed by atoms with Gasteiger partial charge in [0, 0.05) is 12.2 Å². The molecule has 0 radical (unpaired) electrons. The van der Waals surface area contributed by atoms with Crippen molar-refractivity contribution in [1.82, 2.24) is 4.90 Å². The van der Waals surface area contributed by atoms with Crippen molar-refractivity contribution in [2.24, 2.45) is 0 Å². The molecule has 0 fully saturated rings. The molecule has 5 nitrogen and oxygen atoms in total. The average Bonchev–Trinajstić information content (AvgIpc) is 2.35. The number of nitrogens with zero attached hydrogens (tertiary/aromatic N) is 1. The first-order valence-corrected chi connectivity index (χ1v) is 6.31. The summed E-state index contributed by atoms with van der Waals surface area (Å²) in [7, 11) is 0. The van der Waals surface area contributed by atoms with Crippen molar-refractivity contribution in [3.8, 4) is 0 Å². The smallest absolute Gasteiger partial charge is 0.323 e. The Hall–Kier alpha value is -2.04. The van der Waals surface area contributed by atoms with Gasteiger partial charge in [-0.05, 0) is 30.5 Å². The molecule has 0 unspecified atom stereocenters. The summed E-state index contributed by atoms with van der Waals surface area (Å²) in [5.41, 5.74) is 1.80. The Labute approximate surface area is 113 Å². The maximum absolute atomic E-state index is 11.9. The lowest BCUT2D eigenvalue weighted by Crippen LogP contribution is -2.38. The lowest BCUT2D eigenvalue weighted by molar-refractivity contribution is -0.137. The van der Waals surface area contributed by atoms with Gasteiger partial charge in [0.1, 0.15) is 6.54 Å². The fourth-order valence-corrected chi connectivity index (χ4v) is 1.67. The molecule has 1 aromatic carbocycles. The number of anilines is 1. The number of benzene rings is 1. The molecule has 0 saturated heterocycles. The number of aliphatic carboxylic acids is 1. The number of amides is 2. The van der Waals surface area contributed by atoms with Gasteiger partial charge in [-0.25, -0.2) is 4.79 Å². The van der Waals surface area contributed by atoms with Crippen molar-refractivity contribution in [3.63, 3.8) is 0 Å². The third-order valence-electron chi connectivity index (χ3n) is 2.80. The molecule has 2 N–H and O–H groups in total. The van der Waals surface area contributed by atoms with Gasteiger partial charge in [-0.3, -0.25) is 4.79 Å². The zero-order chi connectivity index (χ0) is 14.4. The van der Waals surface area contributed by atoms with E-state index in [0.29, 0.717) is 18.2 Å². The Morgan fingerprint density at radius 3 is 2.58 bits per heavy atom. The van der Waals surface area contributed by atoms with Gasteiger partial charge >= 0.3 is 12.0 Å². The van der Waals surface area contributed by atoms with Crippen LogP contribution in [0.2, 0.25) is 0 Å². The molecule has 1 aromatic rings. The molecule has 0 aliphatic heterocycles. The minimum atomic E-state index is -1.02. The molecule has 0 bridgehead atoms. The van der Waals surface area contributed by atoms with E-state index in [1.54, 1.807) is 13.0 Å². The summed E-state index contributed by atoms with van der Waals surface area (Å²) in [6, 6.07) is 7.16. The number of carboxylic acids is 1. The number of carbonyl (C=O) groups excluding carboxylic acids is 1. The van der Waals surface area contributed by atoms with Gasteiger partial charge in [0.15, 0.2) is 0 Å². The average molecular weight is 264 g/mol. The van der Waals surface area contributed by atoms with Gasteiger partial charge in [0.2, 0.25) is 0 Å². The predicted molar refractivity (Wildman–Crippen MR) is 74.4 cm³/mol. The molecule has 104 valence electrons. The van der Waals surface area contributed by atoms with Gasteiger partial charge in [0.25, 0.3) is 0 Å². The maximum Gasteiger partial charge on any atom is 0.323 e. The summed E-state index contributed by atoms with van der Waals surface area (Å²) in [5.74, 6) is -0.647. The van der Waals surface area contributed by atoms with Crippen molar-refractivity contribution < 1.29 is 14.7 Å². The van der Waals surface area contributed by atoms with Crippen molar-refractivity contribution in [3.05, 3.63) is 29.8 Å². The van der Waals surface area contributed by atoms with E-state index in [1.807, 2.05) is 18.2 Å². The highest BCUT2D eigenvalue weighted by Gasteiger charge is 2.15. The molecule has 1 rings (SSSR count). The Morgan fingerprint density at radius 2 is 2.05 bits per heavy atom. The molecule has 0 aromatic heterocycles. The first kappa shape index (κ1) is 15.0. The summed E-state index contributed by atoms with van der Waals surface area (Å²) < 4.78 is 0. The van der Waals surface area contributed by atoms with Gasteiger partial charge in [-0.1, -0.05) is 26.0 Å². The number of rotatable bonds is 5. The van der Waals surface area contributed by atoms with Crippen LogP contribution in [-0.4, -0.2) is 35.1 Å². The summed E-state index contributed by atoms with van der Waals surface area (Å²) in [6.45, 7) is 5.94. The molecular weight excluding hydrogens is 244 g/mol. The van der Waals surface area contributed by atoms with E-state index in [1.165, 1.54) is 4.90 Å². The highest BCUT2D eigenvalue weighted by Crippen LogP contribution is 2.18. The Bertz CT molecular complexity index is 458.